The van der Waals surface area contributed by atoms with Gasteiger partial charge in [-0.2, -0.15) is 9.97 Å². The Morgan fingerprint density at radius 1 is 0.946 bits per heavy atom. The molecule has 4 saturated heterocycles. The first-order valence-corrected chi connectivity index (χ1v) is 19.9. The second-order valence-electron chi connectivity index (χ2n) is 16.4. The number of anilines is 1. The Labute approximate surface area is 326 Å². The van der Waals surface area contributed by atoms with E-state index in [0.29, 0.717) is 36.5 Å². The maximum absolute atomic E-state index is 17.0. The van der Waals surface area contributed by atoms with Crippen molar-refractivity contribution in [1.29, 1.82) is 0 Å². The zero-order valence-corrected chi connectivity index (χ0v) is 33.0. The summed E-state index contributed by atoms with van der Waals surface area (Å²) in [6, 6.07) is 10.6. The molecule has 296 valence electrons. The third kappa shape index (κ3) is 6.92. The third-order valence-corrected chi connectivity index (χ3v) is 12.4. The fourth-order valence-electron chi connectivity index (χ4n) is 9.43. The predicted molar refractivity (Wildman–Crippen MR) is 207 cm³/mol. The molecule has 0 radical (unpaired) electrons. The summed E-state index contributed by atoms with van der Waals surface area (Å²) in [5.41, 5.74) is 4.89. The molecule has 5 atom stereocenters. The number of amides is 1. The Balaban J connectivity index is 1.11. The van der Waals surface area contributed by atoms with Crippen LogP contribution in [0.25, 0.3) is 22.2 Å². The molecule has 1 amide bonds. The van der Waals surface area contributed by atoms with Gasteiger partial charge in [0.05, 0.1) is 28.9 Å². The van der Waals surface area contributed by atoms with Crippen molar-refractivity contribution in [3.63, 3.8) is 0 Å². The van der Waals surface area contributed by atoms with Gasteiger partial charge in [0.15, 0.2) is 5.82 Å². The number of rotatable bonds is 9. The van der Waals surface area contributed by atoms with Crippen LogP contribution in [0.5, 0.6) is 6.01 Å². The van der Waals surface area contributed by atoms with E-state index in [2.05, 4.69) is 20.9 Å². The standard InChI is InChI=1S/C43H50F2N6O5/c1-24(2)40(52)55-28(6)56-42(53)51-31-12-13-32(51)22-49(21-31)39-34-20-46-37(33-19-25(3)18-26(4)27(33)5)36(45)38(34)47-41(48-39)54-23-43-15-7-17-50(43)35(14-16-43)29-8-10-30(44)11-9-29/h8-11,18-20,24,28,31-32,35H,7,12-17,21-23H2,1-6H3. The molecule has 0 aliphatic carbocycles. The Kier molecular flexibility index (Phi) is 10.1. The first kappa shape index (κ1) is 38.0. The van der Waals surface area contributed by atoms with Gasteiger partial charge in [0.25, 0.3) is 0 Å². The molecule has 0 saturated carbocycles. The first-order chi connectivity index (χ1) is 26.8. The summed E-state index contributed by atoms with van der Waals surface area (Å²) >= 11 is 0. The number of hydrogen-bond acceptors (Lipinski definition) is 10. The highest BCUT2D eigenvalue weighted by molar-refractivity contribution is 5.92. The second-order valence-corrected chi connectivity index (χ2v) is 16.4. The van der Waals surface area contributed by atoms with Gasteiger partial charge in [0.1, 0.15) is 29.5 Å². The van der Waals surface area contributed by atoms with Crippen LogP contribution in [0, 0.1) is 38.3 Å². The van der Waals surface area contributed by atoms with Gasteiger partial charge in [-0.05, 0) is 101 Å². The lowest BCUT2D eigenvalue weighted by Crippen LogP contribution is -2.56. The van der Waals surface area contributed by atoms with Crippen molar-refractivity contribution in [1.82, 2.24) is 24.8 Å². The lowest BCUT2D eigenvalue weighted by atomic mass is 9.95. The Morgan fingerprint density at radius 3 is 2.39 bits per heavy atom. The average Bonchev–Trinajstić information content (AvgIpc) is 3.82. The smallest absolute Gasteiger partial charge is 0.413 e. The average molecular weight is 769 g/mol. The summed E-state index contributed by atoms with van der Waals surface area (Å²) in [6.07, 6.45) is 5.37. The molecule has 4 aliphatic heterocycles. The van der Waals surface area contributed by atoms with E-state index in [1.807, 2.05) is 39.0 Å². The van der Waals surface area contributed by atoms with Crippen LogP contribution in [0.2, 0.25) is 0 Å². The summed E-state index contributed by atoms with van der Waals surface area (Å²) in [7, 11) is 0. The number of aromatic nitrogens is 3. The number of halogens is 2. The van der Waals surface area contributed by atoms with Crippen LogP contribution >= 0.6 is 0 Å². The minimum absolute atomic E-state index is 0.0853. The minimum atomic E-state index is -1.02. The summed E-state index contributed by atoms with van der Waals surface area (Å²) in [5.74, 6) is -1.08. The predicted octanol–water partition coefficient (Wildman–Crippen LogP) is 7.98. The molecule has 4 aliphatic rings. The molecule has 2 aromatic heterocycles. The molecule has 0 N–H and O–H groups in total. The molecule has 13 heteroatoms. The molecular weight excluding hydrogens is 719 g/mol. The van der Waals surface area contributed by atoms with E-state index in [0.717, 1.165) is 67.3 Å². The van der Waals surface area contributed by atoms with Crippen LogP contribution in [0.15, 0.2) is 42.6 Å². The maximum Gasteiger partial charge on any atom is 0.413 e. The molecule has 2 bridgehead atoms. The fourth-order valence-corrected chi connectivity index (χ4v) is 9.43. The topological polar surface area (TPSA) is 110 Å². The number of pyridine rings is 1. The molecule has 5 unspecified atom stereocenters. The van der Waals surface area contributed by atoms with Crippen LogP contribution in [-0.2, 0) is 14.3 Å². The third-order valence-electron chi connectivity index (χ3n) is 12.4. The van der Waals surface area contributed by atoms with Gasteiger partial charge in [-0.15, -0.1) is 0 Å². The fraction of sp³-hybridized carbons (Fsp3) is 0.512. The highest BCUT2D eigenvalue weighted by Crippen LogP contribution is 2.49. The van der Waals surface area contributed by atoms with Gasteiger partial charge >= 0.3 is 18.1 Å². The van der Waals surface area contributed by atoms with Crippen LogP contribution in [0.3, 0.4) is 0 Å². The van der Waals surface area contributed by atoms with E-state index in [-0.39, 0.29) is 52.6 Å². The first-order valence-electron chi connectivity index (χ1n) is 19.9. The largest absolute Gasteiger partial charge is 0.461 e. The summed E-state index contributed by atoms with van der Waals surface area (Å²) in [4.78, 5) is 46.2. The quantitative estimate of drug-likeness (QED) is 0.123. The highest BCUT2D eigenvalue weighted by atomic mass is 19.1. The van der Waals surface area contributed by atoms with Gasteiger partial charge in [0.2, 0.25) is 6.29 Å². The number of hydrogen-bond donors (Lipinski definition) is 0. The van der Waals surface area contributed by atoms with Crippen molar-refractivity contribution in [2.75, 3.05) is 31.1 Å². The van der Waals surface area contributed by atoms with Gasteiger partial charge in [-0.25, -0.2) is 13.6 Å². The van der Waals surface area contributed by atoms with Crippen molar-refractivity contribution in [2.24, 2.45) is 5.92 Å². The van der Waals surface area contributed by atoms with Crippen molar-refractivity contribution >= 4 is 28.8 Å². The van der Waals surface area contributed by atoms with Crippen LogP contribution in [0.4, 0.5) is 19.4 Å². The maximum atomic E-state index is 17.0. The van der Waals surface area contributed by atoms with E-state index in [1.165, 1.54) is 12.1 Å². The molecule has 4 aromatic rings. The molecule has 11 nitrogen and oxygen atoms in total. The molecule has 0 spiro atoms. The van der Waals surface area contributed by atoms with Crippen LogP contribution in [0.1, 0.15) is 87.6 Å². The van der Waals surface area contributed by atoms with Crippen LogP contribution < -0.4 is 9.64 Å². The van der Waals surface area contributed by atoms with Crippen molar-refractivity contribution in [3.8, 4) is 17.3 Å². The van der Waals surface area contributed by atoms with Crippen LogP contribution in [-0.4, -0.2) is 87.0 Å². The lowest BCUT2D eigenvalue weighted by molar-refractivity contribution is -0.170. The second kappa shape index (κ2) is 14.9. The molecule has 6 heterocycles. The number of ether oxygens (including phenoxy) is 3. The minimum Gasteiger partial charge on any atom is -0.461 e. The van der Waals surface area contributed by atoms with Gasteiger partial charge in [-0.3, -0.25) is 19.6 Å². The van der Waals surface area contributed by atoms with E-state index < -0.39 is 24.2 Å². The summed E-state index contributed by atoms with van der Waals surface area (Å²) < 4.78 is 48.2. The Morgan fingerprint density at radius 2 is 1.68 bits per heavy atom. The van der Waals surface area contributed by atoms with Gasteiger partial charge in [0, 0.05) is 37.8 Å². The monoisotopic (exact) mass is 768 g/mol. The highest BCUT2D eigenvalue weighted by Gasteiger charge is 2.50. The van der Waals surface area contributed by atoms with Crippen molar-refractivity contribution < 1.29 is 32.6 Å². The Hall–Kier alpha value is -4.91. The lowest BCUT2D eigenvalue weighted by Gasteiger charge is -2.41. The molecule has 2 aromatic carbocycles. The van der Waals surface area contributed by atoms with E-state index >= 15 is 4.39 Å². The normalized spacial score (nSPS) is 23.8. The van der Waals surface area contributed by atoms with E-state index in [9.17, 15) is 14.0 Å². The molecule has 8 rings (SSSR count). The van der Waals surface area contributed by atoms with Crippen molar-refractivity contribution in [2.45, 2.75) is 110 Å². The van der Waals surface area contributed by atoms with Gasteiger partial charge < -0.3 is 19.1 Å². The number of carbonyl (C=O) groups is 2. The van der Waals surface area contributed by atoms with Crippen molar-refractivity contribution in [3.05, 3.63) is 76.5 Å². The Bertz CT molecular complexity index is 2150. The van der Waals surface area contributed by atoms with Gasteiger partial charge in [-0.1, -0.05) is 37.6 Å². The molecular formula is C43H50F2N6O5. The SMILES string of the molecule is Cc1cc(C)c(C)c(-c2ncc3c(N4CC5CCC(C4)N5C(=O)OC(C)OC(=O)C(C)C)nc(OCC45CCCN4C(c4ccc(F)cc4)CC5)nc3c2F)c1. The number of nitrogens with zero attached hydrogens (tertiary/aromatic N) is 6. The number of esters is 1. The molecule has 4 fully saturated rings. The van der Waals surface area contributed by atoms with E-state index in [1.54, 1.807) is 31.9 Å². The number of fused-ring (bicyclic) bond motifs is 4. The van der Waals surface area contributed by atoms with E-state index in [4.69, 9.17) is 24.2 Å². The summed E-state index contributed by atoms with van der Waals surface area (Å²) in [5, 5.41) is 0.461. The number of carbonyl (C=O) groups excluding carboxylic acids is 2. The zero-order chi connectivity index (χ0) is 39.5. The summed E-state index contributed by atoms with van der Waals surface area (Å²) in [6.45, 7) is 13.0. The number of aryl methyl sites for hydroxylation is 2. The zero-order valence-electron chi connectivity index (χ0n) is 33.0. The number of piperazine rings is 1. The number of benzene rings is 2. The molecule has 56 heavy (non-hydrogen) atoms.